The molecule has 0 spiro atoms. The first-order valence-corrected chi connectivity index (χ1v) is 7.39. The van der Waals surface area contributed by atoms with E-state index < -0.39 is 12.1 Å². The zero-order valence-corrected chi connectivity index (χ0v) is 12.2. The van der Waals surface area contributed by atoms with E-state index in [1.165, 1.54) is 11.0 Å². The molecule has 1 fully saturated rings. The number of nitrogens with two attached hydrogens (primary N) is 1. The molecule has 118 valence electrons. The summed E-state index contributed by atoms with van der Waals surface area (Å²) in [4.78, 5) is 13.7. The van der Waals surface area contributed by atoms with E-state index in [0.29, 0.717) is 36.0 Å². The number of hydrogen-bond acceptors (Lipinski definition) is 4. The maximum absolute atomic E-state index is 14.1. The number of rotatable bonds is 2. The number of fused-ring (bicyclic) bond motifs is 1. The fourth-order valence-corrected chi connectivity index (χ4v) is 3.03. The van der Waals surface area contributed by atoms with Crippen LogP contribution in [0.15, 0.2) is 42.5 Å². The standard InChI is InChI=1S/C17H15FN2O3/c18-12-4-2-1-3-11(12)16-15(19)17(21)20(16)10-5-6-13-14(9-10)23-8-7-22-13/h1-6,9,15-16H,7-8,19H2/t15-,16-/m1/s1. The van der Waals surface area contributed by atoms with Crippen molar-refractivity contribution in [3.05, 3.63) is 53.8 Å². The number of carbonyl (C=O) groups excluding carboxylic acids is 1. The Morgan fingerprint density at radius 3 is 2.61 bits per heavy atom. The molecule has 23 heavy (non-hydrogen) atoms. The molecule has 0 aliphatic carbocycles. The minimum atomic E-state index is -0.750. The van der Waals surface area contributed by atoms with Crippen LogP contribution in [-0.2, 0) is 4.79 Å². The Labute approximate surface area is 132 Å². The van der Waals surface area contributed by atoms with E-state index >= 15 is 0 Å². The van der Waals surface area contributed by atoms with Crippen LogP contribution < -0.4 is 20.1 Å². The summed E-state index contributed by atoms with van der Waals surface area (Å²) in [6, 6.07) is 10.3. The Kier molecular flexibility index (Phi) is 3.20. The van der Waals surface area contributed by atoms with Crippen LogP contribution in [-0.4, -0.2) is 25.2 Å². The van der Waals surface area contributed by atoms with E-state index in [1.807, 2.05) is 0 Å². The molecule has 0 unspecified atom stereocenters. The lowest BCUT2D eigenvalue weighted by atomic mass is 9.88. The fraction of sp³-hybridized carbons (Fsp3) is 0.235. The second-order valence-electron chi connectivity index (χ2n) is 5.53. The van der Waals surface area contributed by atoms with Crippen molar-refractivity contribution in [2.45, 2.75) is 12.1 Å². The van der Waals surface area contributed by atoms with Crippen molar-refractivity contribution in [2.24, 2.45) is 5.73 Å². The monoisotopic (exact) mass is 314 g/mol. The summed E-state index contributed by atoms with van der Waals surface area (Å²) in [6.07, 6.45) is 0. The van der Waals surface area contributed by atoms with Gasteiger partial charge in [0.25, 0.3) is 0 Å². The Hall–Kier alpha value is -2.60. The Morgan fingerprint density at radius 1 is 1.09 bits per heavy atom. The number of anilines is 1. The highest BCUT2D eigenvalue weighted by Gasteiger charge is 2.47. The Balaban J connectivity index is 1.72. The van der Waals surface area contributed by atoms with Gasteiger partial charge < -0.3 is 20.1 Å². The van der Waals surface area contributed by atoms with Gasteiger partial charge in [-0.05, 0) is 18.2 Å². The van der Waals surface area contributed by atoms with Crippen LogP contribution in [0.3, 0.4) is 0 Å². The molecule has 5 nitrogen and oxygen atoms in total. The van der Waals surface area contributed by atoms with Crippen molar-refractivity contribution in [2.75, 3.05) is 18.1 Å². The van der Waals surface area contributed by atoms with E-state index in [4.69, 9.17) is 15.2 Å². The third-order valence-electron chi connectivity index (χ3n) is 4.17. The molecule has 6 heteroatoms. The number of benzene rings is 2. The lowest BCUT2D eigenvalue weighted by Crippen LogP contribution is -2.63. The molecule has 2 N–H and O–H groups in total. The van der Waals surface area contributed by atoms with Gasteiger partial charge in [0.2, 0.25) is 5.91 Å². The molecule has 2 aliphatic rings. The Bertz CT molecular complexity index is 780. The Morgan fingerprint density at radius 2 is 1.83 bits per heavy atom. The summed E-state index contributed by atoms with van der Waals surface area (Å²) in [7, 11) is 0. The summed E-state index contributed by atoms with van der Waals surface area (Å²) < 4.78 is 25.1. The largest absolute Gasteiger partial charge is 0.486 e. The van der Waals surface area contributed by atoms with Crippen molar-refractivity contribution in [3.63, 3.8) is 0 Å². The molecule has 2 aromatic carbocycles. The molecule has 2 heterocycles. The first kappa shape index (κ1) is 14.0. The second kappa shape index (κ2) is 5.24. The lowest BCUT2D eigenvalue weighted by Gasteiger charge is -2.45. The minimum Gasteiger partial charge on any atom is -0.486 e. The average Bonchev–Trinajstić information content (AvgIpc) is 2.59. The first-order chi connectivity index (χ1) is 11.2. The molecule has 0 bridgehead atoms. The average molecular weight is 314 g/mol. The number of amides is 1. The molecule has 0 radical (unpaired) electrons. The summed E-state index contributed by atoms with van der Waals surface area (Å²) in [5.74, 6) is 0.604. The molecule has 2 aliphatic heterocycles. The third kappa shape index (κ3) is 2.14. The highest BCUT2D eigenvalue weighted by molar-refractivity contribution is 6.05. The van der Waals surface area contributed by atoms with Crippen LogP contribution in [0.2, 0.25) is 0 Å². The van der Waals surface area contributed by atoms with E-state index in [1.54, 1.807) is 36.4 Å². The predicted molar refractivity (Wildman–Crippen MR) is 82.0 cm³/mol. The van der Waals surface area contributed by atoms with E-state index in [2.05, 4.69) is 0 Å². The maximum Gasteiger partial charge on any atom is 0.247 e. The lowest BCUT2D eigenvalue weighted by molar-refractivity contribution is -0.126. The van der Waals surface area contributed by atoms with Crippen LogP contribution in [0.4, 0.5) is 10.1 Å². The first-order valence-electron chi connectivity index (χ1n) is 7.39. The highest BCUT2D eigenvalue weighted by Crippen LogP contribution is 2.42. The van der Waals surface area contributed by atoms with Crippen LogP contribution in [0.25, 0.3) is 0 Å². The smallest absolute Gasteiger partial charge is 0.247 e. The van der Waals surface area contributed by atoms with Gasteiger partial charge in [0, 0.05) is 17.3 Å². The van der Waals surface area contributed by atoms with Gasteiger partial charge in [-0.1, -0.05) is 18.2 Å². The van der Waals surface area contributed by atoms with Gasteiger partial charge in [0.15, 0.2) is 11.5 Å². The summed E-state index contributed by atoms with van der Waals surface area (Å²) in [5.41, 5.74) is 6.95. The van der Waals surface area contributed by atoms with Crippen molar-refractivity contribution in [1.29, 1.82) is 0 Å². The van der Waals surface area contributed by atoms with Crippen molar-refractivity contribution in [1.82, 2.24) is 0 Å². The van der Waals surface area contributed by atoms with E-state index in [-0.39, 0.29) is 11.7 Å². The van der Waals surface area contributed by atoms with Crippen molar-refractivity contribution < 1.29 is 18.7 Å². The van der Waals surface area contributed by atoms with Crippen LogP contribution in [0, 0.1) is 5.82 Å². The van der Waals surface area contributed by atoms with E-state index in [0.717, 1.165) is 0 Å². The van der Waals surface area contributed by atoms with Gasteiger partial charge in [-0.3, -0.25) is 4.79 Å². The number of hydrogen-bond donors (Lipinski definition) is 1. The summed E-state index contributed by atoms with van der Waals surface area (Å²) >= 11 is 0. The van der Waals surface area contributed by atoms with Crippen molar-refractivity contribution >= 4 is 11.6 Å². The fourth-order valence-electron chi connectivity index (χ4n) is 3.03. The molecule has 2 aromatic rings. The number of carbonyl (C=O) groups is 1. The zero-order valence-electron chi connectivity index (χ0n) is 12.2. The molecule has 2 atom stereocenters. The number of nitrogens with zero attached hydrogens (tertiary/aromatic N) is 1. The van der Waals surface area contributed by atoms with Crippen molar-refractivity contribution in [3.8, 4) is 11.5 Å². The van der Waals surface area contributed by atoms with Gasteiger partial charge in [-0.15, -0.1) is 0 Å². The molecule has 0 saturated carbocycles. The van der Waals surface area contributed by atoms with Gasteiger partial charge in [0.1, 0.15) is 25.1 Å². The van der Waals surface area contributed by atoms with Gasteiger partial charge in [0.05, 0.1) is 6.04 Å². The maximum atomic E-state index is 14.1. The second-order valence-corrected chi connectivity index (χ2v) is 5.53. The number of halogens is 1. The van der Waals surface area contributed by atoms with Crippen LogP contribution in [0.1, 0.15) is 11.6 Å². The summed E-state index contributed by atoms with van der Waals surface area (Å²) in [5, 5.41) is 0. The molecular weight excluding hydrogens is 299 g/mol. The number of ether oxygens (including phenoxy) is 2. The highest BCUT2D eigenvalue weighted by atomic mass is 19.1. The molecule has 0 aromatic heterocycles. The van der Waals surface area contributed by atoms with Gasteiger partial charge >= 0.3 is 0 Å². The zero-order chi connectivity index (χ0) is 16.0. The van der Waals surface area contributed by atoms with Gasteiger partial charge in [-0.25, -0.2) is 4.39 Å². The predicted octanol–water partition coefficient (Wildman–Crippen LogP) is 2.01. The number of β-lactam (4-membered cyclic amide) rings is 1. The molecule has 1 saturated heterocycles. The summed E-state index contributed by atoms with van der Waals surface area (Å²) in [6.45, 7) is 0.957. The molecular formula is C17H15FN2O3. The molecule has 4 rings (SSSR count). The quantitative estimate of drug-likeness (QED) is 0.861. The van der Waals surface area contributed by atoms with Crippen LogP contribution in [0.5, 0.6) is 11.5 Å². The SMILES string of the molecule is N[C@H]1C(=O)N(c2ccc3c(c2)OCCO3)[C@@H]1c1ccccc1F. The minimum absolute atomic E-state index is 0.241. The third-order valence-corrected chi connectivity index (χ3v) is 4.17. The topological polar surface area (TPSA) is 64.8 Å². The molecule has 1 amide bonds. The van der Waals surface area contributed by atoms with Gasteiger partial charge in [-0.2, -0.15) is 0 Å². The van der Waals surface area contributed by atoms with Crippen LogP contribution >= 0.6 is 0 Å². The normalized spacial score (nSPS) is 22.7. The van der Waals surface area contributed by atoms with E-state index in [9.17, 15) is 9.18 Å².